The van der Waals surface area contributed by atoms with Crippen molar-refractivity contribution >= 4 is 23.4 Å². The second-order valence-electron chi connectivity index (χ2n) is 7.40. The molecule has 0 unspecified atom stereocenters. The van der Waals surface area contributed by atoms with Crippen LogP contribution in [0.5, 0.6) is 0 Å². The molecule has 2 aromatic heterocycles. The number of nitrogens with zero attached hydrogens (tertiary/aromatic N) is 3. The van der Waals surface area contributed by atoms with Crippen molar-refractivity contribution < 1.29 is 19.1 Å². The Bertz CT molecular complexity index is 1280. The fourth-order valence-electron chi connectivity index (χ4n) is 3.60. The van der Waals surface area contributed by atoms with Crippen LogP contribution in [0.15, 0.2) is 47.3 Å². The molecule has 0 aliphatic carbocycles. The monoisotopic (exact) mass is 419 g/mol. The van der Waals surface area contributed by atoms with Crippen LogP contribution in [0.2, 0.25) is 0 Å². The SMILES string of the molecule is CCCCN1C(=O)c2ccc(C(=O)OCc3cc(=O)n4c(C)cccc4n3)cc2C1=O. The highest BCUT2D eigenvalue weighted by Gasteiger charge is 2.35. The molecule has 4 rings (SSSR count). The average molecular weight is 419 g/mol. The fourth-order valence-corrected chi connectivity index (χ4v) is 3.60. The number of hydrogen-bond acceptors (Lipinski definition) is 6. The molecule has 0 fully saturated rings. The molecule has 8 nitrogen and oxygen atoms in total. The van der Waals surface area contributed by atoms with Crippen molar-refractivity contribution in [3.8, 4) is 0 Å². The van der Waals surface area contributed by atoms with Crippen LogP contribution >= 0.6 is 0 Å². The highest BCUT2D eigenvalue weighted by molar-refractivity contribution is 6.21. The van der Waals surface area contributed by atoms with Gasteiger partial charge in [-0.3, -0.25) is 23.7 Å². The summed E-state index contributed by atoms with van der Waals surface area (Å²) in [4.78, 5) is 55.4. The van der Waals surface area contributed by atoms with Crippen LogP contribution in [0.4, 0.5) is 0 Å². The quantitative estimate of drug-likeness (QED) is 0.450. The van der Waals surface area contributed by atoms with Gasteiger partial charge in [0.05, 0.1) is 22.4 Å². The smallest absolute Gasteiger partial charge is 0.338 e. The Morgan fingerprint density at radius 3 is 2.58 bits per heavy atom. The number of unbranched alkanes of at least 4 members (excludes halogenated alkanes) is 1. The molecule has 2 amide bonds. The number of fused-ring (bicyclic) bond motifs is 2. The lowest BCUT2D eigenvalue weighted by Crippen LogP contribution is -2.30. The zero-order chi connectivity index (χ0) is 22.1. The molecule has 1 aliphatic heterocycles. The van der Waals surface area contributed by atoms with Gasteiger partial charge in [-0.15, -0.1) is 0 Å². The Hall–Kier alpha value is -3.81. The zero-order valence-corrected chi connectivity index (χ0v) is 17.3. The number of aromatic nitrogens is 2. The predicted octanol–water partition coefficient (Wildman–Crippen LogP) is 2.76. The number of pyridine rings is 1. The van der Waals surface area contributed by atoms with Crippen LogP contribution in [0.1, 0.15) is 62.2 Å². The Kier molecular flexibility index (Phi) is 5.37. The summed E-state index contributed by atoms with van der Waals surface area (Å²) in [7, 11) is 0. The van der Waals surface area contributed by atoms with E-state index < -0.39 is 11.9 Å². The third kappa shape index (κ3) is 3.72. The first-order chi connectivity index (χ1) is 14.9. The van der Waals surface area contributed by atoms with E-state index in [1.54, 1.807) is 25.1 Å². The number of benzene rings is 1. The van der Waals surface area contributed by atoms with Crippen LogP contribution in [-0.2, 0) is 11.3 Å². The van der Waals surface area contributed by atoms with Gasteiger partial charge in [-0.05, 0) is 43.7 Å². The average Bonchev–Trinajstić information content (AvgIpc) is 2.99. The lowest BCUT2D eigenvalue weighted by molar-refractivity contribution is 0.0467. The molecule has 0 N–H and O–H groups in total. The number of ether oxygens (including phenoxy) is 1. The third-order valence-corrected chi connectivity index (χ3v) is 5.23. The van der Waals surface area contributed by atoms with Crippen LogP contribution in [0, 0.1) is 6.92 Å². The van der Waals surface area contributed by atoms with Gasteiger partial charge in [0.15, 0.2) is 0 Å². The van der Waals surface area contributed by atoms with E-state index >= 15 is 0 Å². The highest BCUT2D eigenvalue weighted by Crippen LogP contribution is 2.25. The van der Waals surface area contributed by atoms with Gasteiger partial charge in [0.2, 0.25) is 0 Å². The topological polar surface area (TPSA) is 98.1 Å². The lowest BCUT2D eigenvalue weighted by Gasteiger charge is -2.12. The van der Waals surface area contributed by atoms with E-state index in [1.165, 1.54) is 33.6 Å². The number of esters is 1. The molecule has 0 saturated carbocycles. The standard InChI is InChI=1S/C23H21N3O5/c1-3-4-10-25-21(28)17-9-8-15(11-18(17)22(25)29)23(30)31-13-16-12-20(27)26-14(2)6-5-7-19(26)24-16/h5-9,11-12H,3-4,10,13H2,1-2H3. The van der Waals surface area contributed by atoms with E-state index in [1.807, 2.05) is 6.92 Å². The number of hydrogen-bond donors (Lipinski definition) is 0. The summed E-state index contributed by atoms with van der Waals surface area (Å²) < 4.78 is 6.77. The van der Waals surface area contributed by atoms with Gasteiger partial charge in [-0.1, -0.05) is 19.4 Å². The van der Waals surface area contributed by atoms with E-state index in [9.17, 15) is 19.2 Å². The van der Waals surface area contributed by atoms with E-state index in [0.29, 0.717) is 17.9 Å². The minimum absolute atomic E-state index is 0.158. The van der Waals surface area contributed by atoms with Crippen molar-refractivity contribution in [2.45, 2.75) is 33.3 Å². The van der Waals surface area contributed by atoms with Crippen molar-refractivity contribution in [2.75, 3.05) is 6.54 Å². The van der Waals surface area contributed by atoms with Gasteiger partial charge in [0.1, 0.15) is 12.3 Å². The molecular formula is C23H21N3O5. The second kappa shape index (κ2) is 8.14. The Balaban J connectivity index is 1.52. The molecule has 0 saturated heterocycles. The molecule has 0 atom stereocenters. The first-order valence-corrected chi connectivity index (χ1v) is 10.1. The molecular weight excluding hydrogens is 398 g/mol. The van der Waals surface area contributed by atoms with Crippen LogP contribution in [0.25, 0.3) is 5.65 Å². The Labute approximate surface area is 178 Å². The molecule has 0 spiro atoms. The number of rotatable bonds is 6. The first kappa shape index (κ1) is 20.5. The highest BCUT2D eigenvalue weighted by atomic mass is 16.5. The summed E-state index contributed by atoms with van der Waals surface area (Å²) in [6.45, 7) is 3.95. The first-order valence-electron chi connectivity index (χ1n) is 10.1. The van der Waals surface area contributed by atoms with Gasteiger partial charge < -0.3 is 4.74 Å². The number of carbonyl (C=O) groups excluding carboxylic acids is 3. The molecule has 3 aromatic rings. The summed E-state index contributed by atoms with van der Waals surface area (Å²) in [5.41, 5.74) is 1.93. The van der Waals surface area contributed by atoms with E-state index in [0.717, 1.165) is 18.5 Å². The summed E-state index contributed by atoms with van der Waals surface area (Å²) >= 11 is 0. The summed E-state index contributed by atoms with van der Waals surface area (Å²) in [5.74, 6) is -1.41. The van der Waals surface area contributed by atoms with Crippen molar-refractivity contribution in [1.29, 1.82) is 0 Å². The van der Waals surface area contributed by atoms with Crippen LogP contribution in [-0.4, -0.2) is 38.6 Å². The third-order valence-electron chi connectivity index (χ3n) is 5.23. The molecule has 0 bridgehead atoms. The van der Waals surface area contributed by atoms with Gasteiger partial charge in [0.25, 0.3) is 17.4 Å². The minimum atomic E-state index is -0.665. The number of amides is 2. The van der Waals surface area contributed by atoms with E-state index in [-0.39, 0.29) is 34.8 Å². The van der Waals surface area contributed by atoms with Gasteiger partial charge in [-0.2, -0.15) is 0 Å². The zero-order valence-electron chi connectivity index (χ0n) is 17.3. The Morgan fingerprint density at radius 2 is 1.81 bits per heavy atom. The van der Waals surface area contributed by atoms with Crippen LogP contribution in [0.3, 0.4) is 0 Å². The lowest BCUT2D eigenvalue weighted by atomic mass is 10.1. The summed E-state index contributed by atoms with van der Waals surface area (Å²) in [6, 6.07) is 10.9. The maximum atomic E-state index is 12.6. The van der Waals surface area contributed by atoms with Gasteiger partial charge >= 0.3 is 5.97 Å². The van der Waals surface area contributed by atoms with Crippen molar-refractivity contribution in [3.05, 3.63) is 80.9 Å². The molecule has 8 heteroatoms. The molecule has 158 valence electrons. The van der Waals surface area contributed by atoms with Crippen LogP contribution < -0.4 is 5.56 Å². The van der Waals surface area contributed by atoms with Gasteiger partial charge in [-0.25, -0.2) is 9.78 Å². The number of carbonyl (C=O) groups is 3. The normalized spacial score (nSPS) is 13.0. The van der Waals surface area contributed by atoms with Crippen molar-refractivity contribution in [1.82, 2.24) is 14.3 Å². The second-order valence-corrected chi connectivity index (χ2v) is 7.40. The van der Waals surface area contributed by atoms with Crippen molar-refractivity contribution in [3.63, 3.8) is 0 Å². The predicted molar refractivity (Wildman–Crippen MR) is 112 cm³/mol. The minimum Gasteiger partial charge on any atom is -0.456 e. The van der Waals surface area contributed by atoms with Gasteiger partial charge in [0, 0.05) is 18.3 Å². The molecule has 3 heterocycles. The van der Waals surface area contributed by atoms with E-state index in [2.05, 4.69) is 4.98 Å². The molecule has 31 heavy (non-hydrogen) atoms. The molecule has 1 aliphatic rings. The summed E-state index contributed by atoms with van der Waals surface area (Å²) in [6.07, 6.45) is 1.58. The maximum absolute atomic E-state index is 12.6. The Morgan fingerprint density at radius 1 is 1.03 bits per heavy atom. The number of aryl methyl sites for hydroxylation is 1. The fraction of sp³-hybridized carbons (Fsp3) is 0.261. The number of imide groups is 1. The van der Waals surface area contributed by atoms with Crippen molar-refractivity contribution in [2.24, 2.45) is 0 Å². The largest absolute Gasteiger partial charge is 0.456 e. The summed E-state index contributed by atoms with van der Waals surface area (Å²) in [5, 5.41) is 0. The maximum Gasteiger partial charge on any atom is 0.338 e. The molecule has 0 radical (unpaired) electrons. The van der Waals surface area contributed by atoms with E-state index in [4.69, 9.17) is 4.74 Å². The molecule has 1 aromatic carbocycles.